The van der Waals surface area contributed by atoms with Crippen molar-refractivity contribution >= 4 is 28.9 Å². The van der Waals surface area contributed by atoms with E-state index in [-0.39, 0.29) is 0 Å². The summed E-state index contributed by atoms with van der Waals surface area (Å²) in [6.45, 7) is 2.84. The van der Waals surface area contributed by atoms with Crippen molar-refractivity contribution in [3.8, 4) is 0 Å². The molecule has 0 atom stereocenters. The molecule has 3 rings (SSSR count). The Bertz CT molecular complexity index is 805. The molecule has 5 heteroatoms. The first-order valence-corrected chi connectivity index (χ1v) is 8.21. The van der Waals surface area contributed by atoms with Gasteiger partial charge in [-0.25, -0.2) is 9.97 Å². The number of rotatable bonds is 6. The summed E-state index contributed by atoms with van der Waals surface area (Å²) in [5.41, 5.74) is 3.35. The van der Waals surface area contributed by atoms with Gasteiger partial charge in [0.25, 0.3) is 0 Å². The lowest BCUT2D eigenvalue weighted by Crippen LogP contribution is -2.07. The molecule has 0 saturated heterocycles. The molecule has 0 unspecified atom stereocenters. The summed E-state index contributed by atoms with van der Waals surface area (Å²) in [5, 5.41) is 7.31. The zero-order valence-electron chi connectivity index (χ0n) is 13.5. The number of hydrogen-bond donors (Lipinski definition) is 2. The molecule has 0 aliphatic heterocycles. The molecule has 0 fully saturated rings. The standard InChI is InChI=1S/C19H19ClN4/c1-14-7-8-16(20)11-17(14)24-19-12-18(22-13-23-19)21-10-9-15-5-3-2-4-6-15/h2-8,11-13H,9-10H2,1H3,(H2,21,22,23,24). The van der Waals surface area contributed by atoms with E-state index < -0.39 is 0 Å². The average molecular weight is 339 g/mol. The number of anilines is 3. The van der Waals surface area contributed by atoms with E-state index in [1.54, 1.807) is 6.33 Å². The number of nitrogens with zero attached hydrogens (tertiary/aromatic N) is 2. The molecule has 0 radical (unpaired) electrons. The second-order valence-electron chi connectivity index (χ2n) is 5.54. The molecule has 0 bridgehead atoms. The van der Waals surface area contributed by atoms with Crippen LogP contribution < -0.4 is 10.6 Å². The lowest BCUT2D eigenvalue weighted by atomic mass is 10.1. The molecule has 2 N–H and O–H groups in total. The van der Waals surface area contributed by atoms with Crippen molar-refractivity contribution in [2.75, 3.05) is 17.2 Å². The Morgan fingerprint density at radius 2 is 1.75 bits per heavy atom. The number of benzene rings is 2. The van der Waals surface area contributed by atoms with Crippen molar-refractivity contribution in [3.63, 3.8) is 0 Å². The summed E-state index contributed by atoms with van der Waals surface area (Å²) in [5.74, 6) is 1.53. The highest BCUT2D eigenvalue weighted by Crippen LogP contribution is 2.23. The molecular formula is C19H19ClN4. The quantitative estimate of drug-likeness (QED) is 0.675. The molecule has 24 heavy (non-hydrogen) atoms. The number of nitrogens with one attached hydrogen (secondary N) is 2. The Kier molecular flexibility index (Phi) is 5.29. The van der Waals surface area contributed by atoms with Crippen LogP contribution in [-0.2, 0) is 6.42 Å². The van der Waals surface area contributed by atoms with E-state index >= 15 is 0 Å². The molecule has 0 saturated carbocycles. The first kappa shape index (κ1) is 16.3. The van der Waals surface area contributed by atoms with Crippen LogP contribution in [0, 0.1) is 6.92 Å². The van der Waals surface area contributed by atoms with Crippen LogP contribution in [-0.4, -0.2) is 16.5 Å². The number of aromatic nitrogens is 2. The minimum absolute atomic E-state index is 0.693. The summed E-state index contributed by atoms with van der Waals surface area (Å²) < 4.78 is 0. The van der Waals surface area contributed by atoms with Crippen molar-refractivity contribution < 1.29 is 0 Å². The first-order chi connectivity index (χ1) is 11.7. The van der Waals surface area contributed by atoms with E-state index in [1.165, 1.54) is 5.56 Å². The van der Waals surface area contributed by atoms with Crippen LogP contribution >= 0.6 is 11.6 Å². The zero-order chi connectivity index (χ0) is 16.8. The van der Waals surface area contributed by atoms with E-state index in [2.05, 4.69) is 44.9 Å². The summed E-state index contributed by atoms with van der Waals surface area (Å²) >= 11 is 6.06. The zero-order valence-corrected chi connectivity index (χ0v) is 14.2. The Morgan fingerprint density at radius 1 is 0.958 bits per heavy atom. The Labute approximate surface area is 146 Å². The fraction of sp³-hybridized carbons (Fsp3) is 0.158. The Balaban J connectivity index is 1.62. The van der Waals surface area contributed by atoms with E-state index in [1.807, 2.05) is 37.3 Å². The van der Waals surface area contributed by atoms with Gasteiger partial charge in [0.1, 0.15) is 18.0 Å². The maximum Gasteiger partial charge on any atom is 0.135 e. The maximum atomic E-state index is 6.06. The topological polar surface area (TPSA) is 49.8 Å². The van der Waals surface area contributed by atoms with Gasteiger partial charge in [0.15, 0.2) is 0 Å². The van der Waals surface area contributed by atoms with Gasteiger partial charge in [-0.3, -0.25) is 0 Å². The second kappa shape index (κ2) is 7.79. The summed E-state index contributed by atoms with van der Waals surface area (Å²) in [6, 6.07) is 18.0. The van der Waals surface area contributed by atoms with Crippen molar-refractivity contribution in [1.82, 2.24) is 9.97 Å². The molecule has 1 heterocycles. The molecule has 4 nitrogen and oxygen atoms in total. The largest absolute Gasteiger partial charge is 0.370 e. The number of hydrogen-bond acceptors (Lipinski definition) is 4. The third-order valence-electron chi connectivity index (χ3n) is 3.69. The maximum absolute atomic E-state index is 6.06. The third kappa shape index (κ3) is 4.46. The average Bonchev–Trinajstić information content (AvgIpc) is 2.60. The van der Waals surface area contributed by atoms with Crippen LogP contribution in [0.2, 0.25) is 5.02 Å². The Morgan fingerprint density at radius 3 is 2.58 bits per heavy atom. The number of aryl methyl sites for hydroxylation is 1. The molecule has 1 aromatic heterocycles. The predicted octanol–water partition coefficient (Wildman–Crippen LogP) is 4.84. The third-order valence-corrected chi connectivity index (χ3v) is 3.93. The normalized spacial score (nSPS) is 10.4. The van der Waals surface area contributed by atoms with Gasteiger partial charge in [-0.15, -0.1) is 0 Å². The highest BCUT2D eigenvalue weighted by molar-refractivity contribution is 6.30. The van der Waals surface area contributed by atoms with Crippen molar-refractivity contribution in [3.05, 3.63) is 77.1 Å². The van der Waals surface area contributed by atoms with Gasteiger partial charge in [0.05, 0.1) is 0 Å². The second-order valence-corrected chi connectivity index (χ2v) is 5.97. The van der Waals surface area contributed by atoms with Gasteiger partial charge < -0.3 is 10.6 Å². The van der Waals surface area contributed by atoms with Crippen molar-refractivity contribution in [1.29, 1.82) is 0 Å². The molecule has 0 amide bonds. The smallest absolute Gasteiger partial charge is 0.135 e. The van der Waals surface area contributed by atoms with Crippen LogP contribution in [0.15, 0.2) is 60.9 Å². The number of halogens is 1. The van der Waals surface area contributed by atoms with Gasteiger partial charge >= 0.3 is 0 Å². The van der Waals surface area contributed by atoms with Crippen LogP contribution in [0.1, 0.15) is 11.1 Å². The first-order valence-electron chi connectivity index (χ1n) is 7.84. The molecular weight excluding hydrogens is 320 g/mol. The van der Waals surface area contributed by atoms with E-state index in [0.717, 1.165) is 35.9 Å². The van der Waals surface area contributed by atoms with Gasteiger partial charge in [-0.1, -0.05) is 48.0 Å². The van der Waals surface area contributed by atoms with Gasteiger partial charge in [0, 0.05) is 23.3 Å². The highest BCUT2D eigenvalue weighted by atomic mass is 35.5. The monoisotopic (exact) mass is 338 g/mol. The SMILES string of the molecule is Cc1ccc(Cl)cc1Nc1cc(NCCc2ccccc2)ncn1. The molecule has 122 valence electrons. The molecule has 3 aromatic rings. The molecule has 0 aliphatic carbocycles. The summed E-state index contributed by atoms with van der Waals surface area (Å²) in [6.07, 6.45) is 2.49. The van der Waals surface area contributed by atoms with Crippen LogP contribution in [0.4, 0.5) is 17.3 Å². The van der Waals surface area contributed by atoms with E-state index in [9.17, 15) is 0 Å². The predicted molar refractivity (Wildman–Crippen MR) is 100 cm³/mol. The fourth-order valence-electron chi connectivity index (χ4n) is 2.37. The Hall–Kier alpha value is -2.59. The summed E-state index contributed by atoms with van der Waals surface area (Å²) in [7, 11) is 0. The lowest BCUT2D eigenvalue weighted by Gasteiger charge is -2.11. The lowest BCUT2D eigenvalue weighted by molar-refractivity contribution is 1.000. The van der Waals surface area contributed by atoms with Gasteiger partial charge in [0.2, 0.25) is 0 Å². The highest BCUT2D eigenvalue weighted by Gasteiger charge is 2.03. The van der Waals surface area contributed by atoms with Crippen molar-refractivity contribution in [2.24, 2.45) is 0 Å². The molecule has 2 aromatic carbocycles. The van der Waals surface area contributed by atoms with Gasteiger partial charge in [-0.2, -0.15) is 0 Å². The molecule has 0 spiro atoms. The van der Waals surface area contributed by atoms with Crippen LogP contribution in [0.5, 0.6) is 0 Å². The minimum Gasteiger partial charge on any atom is -0.370 e. The summed E-state index contributed by atoms with van der Waals surface area (Å²) in [4.78, 5) is 8.53. The van der Waals surface area contributed by atoms with E-state index in [0.29, 0.717) is 5.02 Å². The minimum atomic E-state index is 0.693. The molecule has 0 aliphatic rings. The van der Waals surface area contributed by atoms with Crippen LogP contribution in [0.3, 0.4) is 0 Å². The fourth-order valence-corrected chi connectivity index (χ4v) is 2.54. The van der Waals surface area contributed by atoms with Gasteiger partial charge in [-0.05, 0) is 36.6 Å². The van der Waals surface area contributed by atoms with Crippen molar-refractivity contribution in [2.45, 2.75) is 13.3 Å². The van der Waals surface area contributed by atoms with Crippen LogP contribution in [0.25, 0.3) is 0 Å². The van der Waals surface area contributed by atoms with E-state index in [4.69, 9.17) is 11.6 Å².